The number of carbonyl (C=O) groups is 1. The average Bonchev–Trinajstić information content (AvgIpc) is 2.60. The molecular formula is C19H30ClNO3. The fourth-order valence-corrected chi connectivity index (χ4v) is 3.06. The van der Waals surface area contributed by atoms with Gasteiger partial charge >= 0.3 is 5.97 Å². The first kappa shape index (κ1) is 20.8. The summed E-state index contributed by atoms with van der Waals surface area (Å²) < 4.78 is 11.0. The number of nitrogens with zero attached hydrogens (tertiary/aromatic N) is 1. The Morgan fingerprint density at radius 2 is 1.92 bits per heavy atom. The number of hydrogen-bond donors (Lipinski definition) is 0. The molecule has 4 nitrogen and oxygen atoms in total. The number of piperidine rings is 1. The van der Waals surface area contributed by atoms with Crippen molar-refractivity contribution < 1.29 is 14.3 Å². The van der Waals surface area contributed by atoms with Crippen LogP contribution in [0.5, 0.6) is 5.75 Å². The standard InChI is InChI=1S/C19H29NO3.ClH/c1-3-16-8-5-6-9-18(16)23-15-7-12-20-13-10-17(11-14-20)19(21)22-4-2;/h5-6,8-9,17H,3-4,7,10-15H2,1-2H3;1H. The van der Waals surface area contributed by atoms with Gasteiger partial charge in [-0.2, -0.15) is 0 Å². The van der Waals surface area contributed by atoms with E-state index in [1.54, 1.807) is 0 Å². The van der Waals surface area contributed by atoms with Crippen LogP contribution in [0.25, 0.3) is 0 Å². The molecular weight excluding hydrogens is 326 g/mol. The van der Waals surface area contributed by atoms with E-state index in [-0.39, 0.29) is 24.3 Å². The first-order valence-electron chi connectivity index (χ1n) is 8.84. The zero-order valence-corrected chi connectivity index (χ0v) is 15.6. The Balaban J connectivity index is 0.00000288. The number of ether oxygens (including phenoxy) is 2. The molecule has 1 aliphatic heterocycles. The second kappa shape index (κ2) is 11.3. The predicted octanol–water partition coefficient (Wildman–Crippen LogP) is 3.71. The van der Waals surface area contributed by atoms with Crippen molar-refractivity contribution in [2.75, 3.05) is 32.8 Å². The molecule has 1 aromatic carbocycles. The van der Waals surface area contributed by atoms with Crippen molar-refractivity contribution in [3.05, 3.63) is 29.8 Å². The van der Waals surface area contributed by atoms with Crippen LogP contribution < -0.4 is 4.74 Å². The van der Waals surface area contributed by atoms with Gasteiger partial charge in [0.15, 0.2) is 0 Å². The lowest BCUT2D eigenvalue weighted by atomic mass is 9.97. The average molecular weight is 356 g/mol. The van der Waals surface area contributed by atoms with Crippen molar-refractivity contribution in [3.8, 4) is 5.75 Å². The minimum absolute atomic E-state index is 0. The molecule has 1 fully saturated rings. The van der Waals surface area contributed by atoms with E-state index in [0.29, 0.717) is 6.61 Å². The van der Waals surface area contributed by atoms with Gasteiger partial charge in [-0.1, -0.05) is 25.1 Å². The summed E-state index contributed by atoms with van der Waals surface area (Å²) in [6.45, 7) is 8.23. The number of likely N-dealkylation sites (tertiary alicyclic amines) is 1. The second-order valence-electron chi connectivity index (χ2n) is 6.03. The number of halogens is 1. The first-order chi connectivity index (χ1) is 11.2. The Labute approximate surface area is 151 Å². The fraction of sp³-hybridized carbons (Fsp3) is 0.632. The summed E-state index contributed by atoms with van der Waals surface area (Å²) in [5.41, 5.74) is 1.27. The predicted molar refractivity (Wildman–Crippen MR) is 99.0 cm³/mol. The molecule has 2 rings (SSSR count). The molecule has 0 radical (unpaired) electrons. The number of carbonyl (C=O) groups excluding carboxylic acids is 1. The summed E-state index contributed by atoms with van der Waals surface area (Å²) in [5.74, 6) is 1.08. The normalized spacial score (nSPS) is 15.6. The maximum Gasteiger partial charge on any atom is 0.309 e. The number of rotatable bonds is 8. The van der Waals surface area contributed by atoms with E-state index < -0.39 is 0 Å². The molecule has 0 aromatic heterocycles. The highest BCUT2D eigenvalue weighted by Gasteiger charge is 2.25. The van der Waals surface area contributed by atoms with Crippen molar-refractivity contribution in [1.29, 1.82) is 0 Å². The number of hydrogen-bond acceptors (Lipinski definition) is 4. The first-order valence-corrected chi connectivity index (χ1v) is 8.84. The van der Waals surface area contributed by atoms with Gasteiger partial charge in [0.1, 0.15) is 5.75 Å². The molecule has 5 heteroatoms. The summed E-state index contributed by atoms with van der Waals surface area (Å²) in [6, 6.07) is 8.24. The van der Waals surface area contributed by atoms with Crippen molar-refractivity contribution in [3.63, 3.8) is 0 Å². The molecule has 0 saturated carbocycles. The van der Waals surface area contributed by atoms with Crippen LogP contribution in [0.4, 0.5) is 0 Å². The third kappa shape index (κ3) is 6.33. The van der Waals surface area contributed by atoms with E-state index in [2.05, 4.69) is 24.0 Å². The zero-order valence-electron chi connectivity index (χ0n) is 14.8. The van der Waals surface area contributed by atoms with E-state index in [4.69, 9.17) is 9.47 Å². The molecule has 0 N–H and O–H groups in total. The number of para-hydroxylation sites is 1. The quantitative estimate of drug-likeness (QED) is 0.526. The SMILES string of the molecule is CCOC(=O)C1CCN(CCCOc2ccccc2CC)CC1.Cl. The van der Waals surface area contributed by atoms with E-state index in [1.165, 1.54) is 5.56 Å². The molecule has 136 valence electrons. The van der Waals surface area contributed by atoms with Gasteiger partial charge in [0.05, 0.1) is 19.1 Å². The monoisotopic (exact) mass is 355 g/mol. The molecule has 0 aliphatic carbocycles. The Kier molecular flexibility index (Phi) is 9.80. The van der Waals surface area contributed by atoms with Crippen LogP contribution >= 0.6 is 12.4 Å². The summed E-state index contributed by atoms with van der Waals surface area (Å²) in [5, 5.41) is 0. The lowest BCUT2D eigenvalue weighted by Gasteiger charge is -2.30. The molecule has 1 aliphatic rings. The smallest absolute Gasteiger partial charge is 0.309 e. The molecule has 0 spiro atoms. The van der Waals surface area contributed by atoms with Crippen LogP contribution in [0.3, 0.4) is 0 Å². The molecule has 1 aromatic rings. The Morgan fingerprint density at radius 1 is 1.21 bits per heavy atom. The van der Waals surface area contributed by atoms with Gasteiger partial charge in [-0.15, -0.1) is 12.4 Å². The van der Waals surface area contributed by atoms with Gasteiger partial charge in [0.25, 0.3) is 0 Å². The summed E-state index contributed by atoms with van der Waals surface area (Å²) in [7, 11) is 0. The summed E-state index contributed by atoms with van der Waals surface area (Å²) >= 11 is 0. The molecule has 24 heavy (non-hydrogen) atoms. The highest BCUT2D eigenvalue weighted by atomic mass is 35.5. The zero-order chi connectivity index (χ0) is 16.5. The third-order valence-electron chi connectivity index (χ3n) is 4.44. The maximum absolute atomic E-state index is 11.7. The van der Waals surface area contributed by atoms with Crippen molar-refractivity contribution in [2.24, 2.45) is 5.92 Å². The highest BCUT2D eigenvalue weighted by molar-refractivity contribution is 5.85. The molecule has 1 saturated heterocycles. The molecule has 0 bridgehead atoms. The van der Waals surface area contributed by atoms with Crippen LogP contribution in [0, 0.1) is 5.92 Å². The summed E-state index contributed by atoms with van der Waals surface area (Å²) in [4.78, 5) is 14.1. The van der Waals surface area contributed by atoms with Crippen molar-refractivity contribution in [2.45, 2.75) is 39.5 Å². The minimum atomic E-state index is -0.0216. The Bertz CT molecular complexity index is 487. The second-order valence-corrected chi connectivity index (χ2v) is 6.03. The maximum atomic E-state index is 11.7. The van der Waals surface area contributed by atoms with Crippen LogP contribution in [0.15, 0.2) is 24.3 Å². The summed E-state index contributed by atoms with van der Waals surface area (Å²) in [6.07, 6.45) is 3.84. The van der Waals surface area contributed by atoms with Crippen molar-refractivity contribution in [1.82, 2.24) is 4.90 Å². The largest absolute Gasteiger partial charge is 0.493 e. The van der Waals surface area contributed by atoms with Crippen LogP contribution in [0.2, 0.25) is 0 Å². The molecule has 0 atom stereocenters. The third-order valence-corrected chi connectivity index (χ3v) is 4.44. The fourth-order valence-electron chi connectivity index (χ4n) is 3.06. The minimum Gasteiger partial charge on any atom is -0.493 e. The van der Waals surface area contributed by atoms with Crippen molar-refractivity contribution >= 4 is 18.4 Å². The number of esters is 1. The van der Waals surface area contributed by atoms with E-state index in [0.717, 1.165) is 57.7 Å². The van der Waals surface area contributed by atoms with Gasteiger partial charge in [0.2, 0.25) is 0 Å². The van der Waals surface area contributed by atoms with Gasteiger partial charge in [-0.3, -0.25) is 4.79 Å². The molecule has 0 unspecified atom stereocenters. The number of benzene rings is 1. The van der Waals surface area contributed by atoms with Gasteiger partial charge in [-0.25, -0.2) is 0 Å². The van der Waals surface area contributed by atoms with Crippen LogP contribution in [0.1, 0.15) is 38.7 Å². The Morgan fingerprint density at radius 3 is 2.58 bits per heavy atom. The Hall–Kier alpha value is -1.26. The van der Waals surface area contributed by atoms with E-state index in [1.807, 2.05) is 19.1 Å². The molecule has 1 heterocycles. The lowest BCUT2D eigenvalue weighted by Crippen LogP contribution is -2.37. The van der Waals surface area contributed by atoms with E-state index in [9.17, 15) is 4.79 Å². The van der Waals surface area contributed by atoms with Gasteiger partial charge in [-0.05, 0) is 57.3 Å². The topological polar surface area (TPSA) is 38.8 Å². The van der Waals surface area contributed by atoms with Crippen LogP contribution in [-0.4, -0.2) is 43.7 Å². The van der Waals surface area contributed by atoms with Gasteiger partial charge < -0.3 is 14.4 Å². The van der Waals surface area contributed by atoms with Crippen LogP contribution in [-0.2, 0) is 16.0 Å². The lowest BCUT2D eigenvalue weighted by molar-refractivity contribution is -0.149. The van der Waals surface area contributed by atoms with Gasteiger partial charge in [0, 0.05) is 6.54 Å². The van der Waals surface area contributed by atoms with E-state index >= 15 is 0 Å². The number of aryl methyl sites for hydroxylation is 1. The highest BCUT2D eigenvalue weighted by Crippen LogP contribution is 2.20. The molecule has 0 amide bonds.